The maximum atomic E-state index is 12.2. The van der Waals surface area contributed by atoms with Crippen molar-refractivity contribution < 1.29 is 14.3 Å². The van der Waals surface area contributed by atoms with Gasteiger partial charge in [0.2, 0.25) is 0 Å². The van der Waals surface area contributed by atoms with E-state index in [9.17, 15) is 9.59 Å². The van der Waals surface area contributed by atoms with Gasteiger partial charge in [0.15, 0.2) is 0 Å². The average molecular weight is 306 g/mol. The van der Waals surface area contributed by atoms with Crippen LogP contribution in [-0.2, 0) is 4.74 Å². The predicted molar refractivity (Wildman–Crippen MR) is 84.6 cm³/mol. The zero-order chi connectivity index (χ0) is 16.3. The monoisotopic (exact) mass is 306 g/mol. The fraction of sp³-hybridized carbons (Fsp3) is 0.500. The number of carbonyl (C=O) groups excluding carboxylic acids is 1. The molecule has 0 atom stereocenters. The van der Waals surface area contributed by atoms with Crippen LogP contribution in [0.4, 0.5) is 4.79 Å². The Balaban J connectivity index is 2.35. The van der Waals surface area contributed by atoms with Crippen LogP contribution in [0, 0.1) is 0 Å². The maximum Gasteiger partial charge on any atom is 0.434 e. The zero-order valence-electron chi connectivity index (χ0n) is 13.4. The number of unbranched alkanes of at least 4 members (excludes halogenated alkanes) is 1. The van der Waals surface area contributed by atoms with Crippen molar-refractivity contribution >= 4 is 17.0 Å². The van der Waals surface area contributed by atoms with Crippen LogP contribution in [0.25, 0.3) is 10.9 Å². The van der Waals surface area contributed by atoms with Gasteiger partial charge < -0.3 is 9.47 Å². The van der Waals surface area contributed by atoms with Gasteiger partial charge in [-0.25, -0.2) is 4.79 Å². The van der Waals surface area contributed by atoms with Gasteiger partial charge in [-0.1, -0.05) is 13.3 Å². The van der Waals surface area contributed by atoms with Gasteiger partial charge in [-0.05, 0) is 39.3 Å². The summed E-state index contributed by atoms with van der Waals surface area (Å²) in [5.74, 6) is 0.622. The summed E-state index contributed by atoms with van der Waals surface area (Å²) in [5.41, 5.74) is -0.519. The minimum Gasteiger partial charge on any atom is -0.494 e. The summed E-state index contributed by atoms with van der Waals surface area (Å²) in [7, 11) is 0. The molecule has 1 N–H and O–H groups in total. The van der Waals surface area contributed by atoms with E-state index in [1.807, 2.05) is 0 Å². The average Bonchev–Trinajstić information content (AvgIpc) is 2.74. The normalized spacial score (nSPS) is 11.6. The van der Waals surface area contributed by atoms with Gasteiger partial charge in [0.25, 0.3) is 5.56 Å². The van der Waals surface area contributed by atoms with Crippen molar-refractivity contribution in [3.05, 3.63) is 28.6 Å². The van der Waals surface area contributed by atoms with Gasteiger partial charge in [-0.15, -0.1) is 0 Å². The van der Waals surface area contributed by atoms with Crippen LogP contribution in [0.15, 0.2) is 23.0 Å². The first-order chi connectivity index (χ1) is 10.3. The van der Waals surface area contributed by atoms with E-state index in [4.69, 9.17) is 9.47 Å². The molecule has 1 aromatic carbocycles. The van der Waals surface area contributed by atoms with Crippen LogP contribution in [0.2, 0.25) is 0 Å². The summed E-state index contributed by atoms with van der Waals surface area (Å²) in [5, 5.41) is 2.93. The summed E-state index contributed by atoms with van der Waals surface area (Å²) in [6.07, 6.45) is 1.37. The minimum absolute atomic E-state index is 0.332. The molecule has 0 bridgehead atoms. The number of hydrogen-bond acceptors (Lipinski definition) is 4. The second kappa shape index (κ2) is 6.25. The molecule has 0 aliphatic carbocycles. The van der Waals surface area contributed by atoms with E-state index < -0.39 is 11.7 Å². The first-order valence-electron chi connectivity index (χ1n) is 7.43. The Morgan fingerprint density at radius 1 is 1.32 bits per heavy atom. The van der Waals surface area contributed by atoms with Crippen molar-refractivity contribution in [2.45, 2.75) is 46.1 Å². The topological polar surface area (TPSA) is 73.3 Å². The Morgan fingerprint density at radius 3 is 2.68 bits per heavy atom. The van der Waals surface area contributed by atoms with Crippen molar-refractivity contribution in [3.8, 4) is 5.75 Å². The van der Waals surface area contributed by atoms with Gasteiger partial charge in [0, 0.05) is 6.07 Å². The third kappa shape index (κ3) is 3.69. The number of ether oxygens (including phenoxy) is 2. The predicted octanol–water partition coefficient (Wildman–Crippen LogP) is 3.29. The third-order valence-electron chi connectivity index (χ3n) is 3.01. The smallest absolute Gasteiger partial charge is 0.434 e. The third-order valence-corrected chi connectivity index (χ3v) is 3.01. The molecule has 0 saturated heterocycles. The molecule has 0 radical (unpaired) electrons. The maximum absolute atomic E-state index is 12.2. The van der Waals surface area contributed by atoms with Crippen molar-refractivity contribution in [1.29, 1.82) is 0 Å². The van der Waals surface area contributed by atoms with Crippen LogP contribution in [-0.4, -0.2) is 28.1 Å². The number of nitrogens with zero attached hydrogens (tertiary/aromatic N) is 1. The molecule has 120 valence electrons. The van der Waals surface area contributed by atoms with Gasteiger partial charge in [0.1, 0.15) is 11.4 Å². The number of aromatic amines is 1. The van der Waals surface area contributed by atoms with Crippen molar-refractivity contribution in [3.63, 3.8) is 0 Å². The van der Waals surface area contributed by atoms with Crippen LogP contribution in [0.3, 0.4) is 0 Å². The highest BCUT2D eigenvalue weighted by Crippen LogP contribution is 2.20. The number of rotatable bonds is 4. The van der Waals surface area contributed by atoms with E-state index in [2.05, 4.69) is 12.0 Å². The van der Waals surface area contributed by atoms with Gasteiger partial charge >= 0.3 is 6.09 Å². The van der Waals surface area contributed by atoms with Crippen molar-refractivity contribution in [1.82, 2.24) is 9.78 Å². The number of hydrogen-bond donors (Lipinski definition) is 1. The number of aromatic nitrogens is 2. The Morgan fingerprint density at radius 2 is 2.05 bits per heavy atom. The quantitative estimate of drug-likeness (QED) is 0.880. The van der Waals surface area contributed by atoms with E-state index in [0.717, 1.165) is 17.5 Å². The molecule has 0 unspecified atom stereocenters. The molecule has 0 aliphatic heterocycles. The first-order valence-corrected chi connectivity index (χ1v) is 7.43. The standard InChI is InChI=1S/C16H22N2O4/c1-5-6-9-21-11-7-8-12-13(10-11)18(17-14(12)19)15(20)22-16(2,3)4/h7-8,10H,5-6,9H2,1-4H3,(H,17,19). The minimum atomic E-state index is -0.639. The van der Waals surface area contributed by atoms with E-state index in [1.165, 1.54) is 0 Å². The Hall–Kier alpha value is -2.24. The number of fused-ring (bicyclic) bond motifs is 1. The molecular formula is C16H22N2O4. The van der Waals surface area contributed by atoms with Crippen LogP contribution < -0.4 is 10.3 Å². The SMILES string of the molecule is CCCCOc1ccc2c(=O)[nH]n(C(=O)OC(C)(C)C)c2c1. The van der Waals surface area contributed by atoms with E-state index in [-0.39, 0.29) is 5.56 Å². The largest absolute Gasteiger partial charge is 0.494 e. The fourth-order valence-corrected chi connectivity index (χ4v) is 1.99. The molecule has 0 fully saturated rings. The van der Waals surface area contributed by atoms with Crippen molar-refractivity contribution in [2.75, 3.05) is 6.61 Å². The lowest BCUT2D eigenvalue weighted by Crippen LogP contribution is -2.28. The number of benzene rings is 1. The first kappa shape index (κ1) is 16.1. The van der Waals surface area contributed by atoms with E-state index >= 15 is 0 Å². The number of carbonyl (C=O) groups is 1. The highest BCUT2D eigenvalue weighted by atomic mass is 16.6. The van der Waals surface area contributed by atoms with Crippen LogP contribution >= 0.6 is 0 Å². The molecule has 6 heteroatoms. The van der Waals surface area contributed by atoms with Gasteiger partial charge in [0.05, 0.1) is 17.5 Å². The second-order valence-corrected chi connectivity index (χ2v) is 6.14. The van der Waals surface area contributed by atoms with Crippen LogP contribution in [0.5, 0.6) is 5.75 Å². The molecular weight excluding hydrogens is 284 g/mol. The molecule has 1 aromatic heterocycles. The molecule has 2 aromatic rings. The number of H-pyrrole nitrogens is 1. The summed E-state index contributed by atoms with van der Waals surface area (Å²) >= 11 is 0. The highest BCUT2D eigenvalue weighted by molar-refractivity contribution is 5.88. The van der Waals surface area contributed by atoms with Gasteiger partial charge in [-0.2, -0.15) is 4.68 Å². The summed E-state index contributed by atoms with van der Waals surface area (Å²) < 4.78 is 12.0. The molecule has 1 heterocycles. The zero-order valence-corrected chi connectivity index (χ0v) is 13.4. The van der Waals surface area contributed by atoms with Gasteiger partial charge in [-0.3, -0.25) is 9.89 Å². The molecule has 6 nitrogen and oxygen atoms in total. The van der Waals surface area contributed by atoms with Crippen molar-refractivity contribution in [2.24, 2.45) is 0 Å². The lowest BCUT2D eigenvalue weighted by atomic mass is 10.2. The Kier molecular flexibility index (Phi) is 4.59. The van der Waals surface area contributed by atoms with E-state index in [1.54, 1.807) is 39.0 Å². The van der Waals surface area contributed by atoms with Crippen LogP contribution in [0.1, 0.15) is 40.5 Å². The molecule has 0 aliphatic rings. The molecule has 0 spiro atoms. The van der Waals surface area contributed by atoms with E-state index in [0.29, 0.717) is 23.3 Å². The molecule has 22 heavy (non-hydrogen) atoms. The highest BCUT2D eigenvalue weighted by Gasteiger charge is 2.21. The summed E-state index contributed by atoms with van der Waals surface area (Å²) in [4.78, 5) is 24.1. The Bertz CT molecular complexity index is 722. The second-order valence-electron chi connectivity index (χ2n) is 6.14. The molecule has 0 saturated carbocycles. The lowest BCUT2D eigenvalue weighted by Gasteiger charge is -2.19. The summed E-state index contributed by atoms with van der Waals surface area (Å²) in [6.45, 7) is 8.00. The number of nitrogens with one attached hydrogen (secondary N) is 1. The lowest BCUT2D eigenvalue weighted by molar-refractivity contribution is 0.0522. The molecule has 2 rings (SSSR count). The summed E-state index contributed by atoms with van der Waals surface area (Å²) in [6, 6.07) is 5.05. The Labute approximate surface area is 129 Å². The molecule has 0 amide bonds. The fourth-order valence-electron chi connectivity index (χ4n) is 1.99.